The summed E-state index contributed by atoms with van der Waals surface area (Å²) in [6.07, 6.45) is 0.808. The molecule has 0 bridgehead atoms. The van der Waals surface area contributed by atoms with E-state index in [9.17, 15) is 5.11 Å². The Morgan fingerprint density at radius 2 is 1.95 bits per heavy atom. The standard InChI is InChI=1S/C16H16ClNO3/c1-2-12(10-5-3-4-6-14(10)19)18-13-8-16-15(7-11(13)17)20-9-21-16/h3-8,12,18-19H,2,9H2,1H3. The number of fused-ring (bicyclic) bond motifs is 1. The first-order chi connectivity index (χ1) is 10.2. The molecule has 5 heteroatoms. The van der Waals surface area contributed by atoms with Crippen molar-refractivity contribution in [2.75, 3.05) is 12.1 Å². The van der Waals surface area contributed by atoms with Crippen LogP contribution in [0.1, 0.15) is 24.9 Å². The smallest absolute Gasteiger partial charge is 0.231 e. The lowest BCUT2D eigenvalue weighted by molar-refractivity contribution is 0.174. The summed E-state index contributed by atoms with van der Waals surface area (Å²) in [5.41, 5.74) is 1.60. The Bertz CT molecular complexity index is 660. The molecule has 3 rings (SSSR count). The normalized spacial score (nSPS) is 14.0. The molecule has 0 saturated carbocycles. The highest BCUT2D eigenvalue weighted by Gasteiger charge is 2.19. The van der Waals surface area contributed by atoms with Gasteiger partial charge in [-0.15, -0.1) is 0 Å². The van der Waals surface area contributed by atoms with Gasteiger partial charge in [0, 0.05) is 17.7 Å². The van der Waals surface area contributed by atoms with Crippen LogP contribution in [0.4, 0.5) is 5.69 Å². The summed E-state index contributed by atoms with van der Waals surface area (Å²) < 4.78 is 10.7. The minimum absolute atomic E-state index is 0.0379. The van der Waals surface area contributed by atoms with E-state index in [0.717, 1.165) is 17.7 Å². The molecule has 0 saturated heterocycles. The molecule has 0 amide bonds. The summed E-state index contributed by atoms with van der Waals surface area (Å²) in [5, 5.41) is 13.9. The van der Waals surface area contributed by atoms with Crippen LogP contribution in [0.5, 0.6) is 17.2 Å². The second-order valence-corrected chi connectivity index (χ2v) is 5.26. The van der Waals surface area contributed by atoms with Crippen LogP contribution in [-0.4, -0.2) is 11.9 Å². The monoisotopic (exact) mass is 305 g/mol. The van der Waals surface area contributed by atoms with E-state index < -0.39 is 0 Å². The van der Waals surface area contributed by atoms with Crippen molar-refractivity contribution in [2.24, 2.45) is 0 Å². The van der Waals surface area contributed by atoms with Gasteiger partial charge in [-0.05, 0) is 12.5 Å². The number of hydrogen-bond acceptors (Lipinski definition) is 4. The quantitative estimate of drug-likeness (QED) is 0.882. The van der Waals surface area contributed by atoms with Gasteiger partial charge in [-0.3, -0.25) is 0 Å². The average Bonchev–Trinajstić information content (AvgIpc) is 2.92. The first-order valence-corrected chi connectivity index (χ1v) is 7.20. The fourth-order valence-electron chi connectivity index (χ4n) is 2.40. The molecule has 1 aliphatic rings. The van der Waals surface area contributed by atoms with E-state index in [-0.39, 0.29) is 18.6 Å². The molecule has 110 valence electrons. The Labute approximate surface area is 128 Å². The number of rotatable bonds is 4. The van der Waals surface area contributed by atoms with E-state index in [1.165, 1.54) is 0 Å². The maximum atomic E-state index is 10.00. The van der Waals surface area contributed by atoms with Gasteiger partial charge in [-0.2, -0.15) is 0 Å². The van der Waals surface area contributed by atoms with Gasteiger partial charge in [0.05, 0.1) is 16.8 Å². The summed E-state index contributed by atoms with van der Waals surface area (Å²) in [7, 11) is 0. The van der Waals surface area contributed by atoms with Crippen LogP contribution < -0.4 is 14.8 Å². The molecule has 4 nitrogen and oxygen atoms in total. The van der Waals surface area contributed by atoms with E-state index >= 15 is 0 Å². The van der Waals surface area contributed by atoms with Crippen LogP contribution in [0.2, 0.25) is 5.02 Å². The molecule has 1 heterocycles. The van der Waals surface area contributed by atoms with Gasteiger partial charge in [0.1, 0.15) is 5.75 Å². The lowest BCUT2D eigenvalue weighted by Gasteiger charge is -2.20. The maximum absolute atomic E-state index is 10.00. The summed E-state index contributed by atoms with van der Waals surface area (Å²) in [6.45, 7) is 2.26. The summed E-state index contributed by atoms with van der Waals surface area (Å²) in [4.78, 5) is 0. The van der Waals surface area contributed by atoms with E-state index in [0.29, 0.717) is 16.5 Å². The van der Waals surface area contributed by atoms with Crippen LogP contribution in [-0.2, 0) is 0 Å². The third-order valence-electron chi connectivity index (χ3n) is 3.51. The molecule has 2 aromatic carbocycles. The number of ether oxygens (including phenoxy) is 2. The third-order valence-corrected chi connectivity index (χ3v) is 3.83. The molecule has 2 aromatic rings. The lowest BCUT2D eigenvalue weighted by Crippen LogP contribution is -2.10. The number of hydrogen-bond donors (Lipinski definition) is 2. The summed E-state index contributed by atoms with van der Waals surface area (Å²) in [5.74, 6) is 1.60. The molecular formula is C16H16ClNO3. The fourth-order valence-corrected chi connectivity index (χ4v) is 2.61. The van der Waals surface area contributed by atoms with Crippen LogP contribution in [0, 0.1) is 0 Å². The zero-order valence-corrected chi connectivity index (χ0v) is 12.4. The summed E-state index contributed by atoms with van der Waals surface area (Å²) >= 11 is 6.28. The first kappa shape index (κ1) is 13.9. The maximum Gasteiger partial charge on any atom is 0.231 e. The molecule has 0 spiro atoms. The average molecular weight is 306 g/mol. The van der Waals surface area contributed by atoms with Gasteiger partial charge in [0.2, 0.25) is 6.79 Å². The van der Waals surface area contributed by atoms with E-state index in [1.54, 1.807) is 18.2 Å². The number of phenols is 1. The Balaban J connectivity index is 1.90. The van der Waals surface area contributed by atoms with Gasteiger partial charge in [0.25, 0.3) is 0 Å². The molecule has 0 radical (unpaired) electrons. The second kappa shape index (κ2) is 5.74. The number of aromatic hydroxyl groups is 1. The highest BCUT2D eigenvalue weighted by Crippen LogP contribution is 2.41. The number of para-hydroxylation sites is 1. The van der Waals surface area contributed by atoms with E-state index in [4.69, 9.17) is 21.1 Å². The first-order valence-electron chi connectivity index (χ1n) is 6.82. The third kappa shape index (κ3) is 2.72. The number of anilines is 1. The van der Waals surface area contributed by atoms with Crippen molar-refractivity contribution in [1.82, 2.24) is 0 Å². The van der Waals surface area contributed by atoms with Crippen molar-refractivity contribution >= 4 is 17.3 Å². The SMILES string of the molecule is CCC(Nc1cc2c(cc1Cl)OCO2)c1ccccc1O. The zero-order chi connectivity index (χ0) is 14.8. The number of nitrogens with one attached hydrogen (secondary N) is 1. The minimum Gasteiger partial charge on any atom is -0.508 e. The lowest BCUT2D eigenvalue weighted by atomic mass is 10.0. The van der Waals surface area contributed by atoms with Gasteiger partial charge < -0.3 is 19.9 Å². The van der Waals surface area contributed by atoms with Crippen molar-refractivity contribution < 1.29 is 14.6 Å². The predicted molar refractivity (Wildman–Crippen MR) is 82.3 cm³/mol. The van der Waals surface area contributed by atoms with Crippen LogP contribution >= 0.6 is 11.6 Å². The molecule has 0 aromatic heterocycles. The second-order valence-electron chi connectivity index (χ2n) is 4.85. The van der Waals surface area contributed by atoms with Crippen molar-refractivity contribution in [1.29, 1.82) is 0 Å². The highest BCUT2D eigenvalue weighted by atomic mass is 35.5. The van der Waals surface area contributed by atoms with Crippen molar-refractivity contribution in [3.8, 4) is 17.2 Å². The Kier molecular flexibility index (Phi) is 3.80. The molecule has 1 aliphatic heterocycles. The molecule has 1 atom stereocenters. The van der Waals surface area contributed by atoms with Gasteiger partial charge >= 0.3 is 0 Å². The molecular weight excluding hydrogens is 290 g/mol. The molecule has 0 aliphatic carbocycles. The van der Waals surface area contributed by atoms with Crippen LogP contribution in [0.25, 0.3) is 0 Å². The summed E-state index contributed by atoms with van der Waals surface area (Å²) in [6, 6.07) is 10.8. The van der Waals surface area contributed by atoms with E-state index in [1.807, 2.05) is 25.1 Å². The number of benzene rings is 2. The van der Waals surface area contributed by atoms with Gasteiger partial charge in [-0.25, -0.2) is 0 Å². The molecule has 2 N–H and O–H groups in total. The minimum atomic E-state index is -0.0379. The molecule has 0 fully saturated rings. The van der Waals surface area contributed by atoms with Gasteiger partial charge in [-0.1, -0.05) is 36.7 Å². The van der Waals surface area contributed by atoms with Crippen molar-refractivity contribution in [3.63, 3.8) is 0 Å². The van der Waals surface area contributed by atoms with Crippen molar-refractivity contribution in [3.05, 3.63) is 47.0 Å². The predicted octanol–water partition coefficient (Wildman–Crippen LogP) is 4.34. The number of phenolic OH excluding ortho intramolecular Hbond substituents is 1. The Hall–Kier alpha value is -2.07. The molecule has 21 heavy (non-hydrogen) atoms. The fraction of sp³-hybridized carbons (Fsp3) is 0.250. The van der Waals surface area contributed by atoms with Crippen molar-refractivity contribution in [2.45, 2.75) is 19.4 Å². The highest BCUT2D eigenvalue weighted by molar-refractivity contribution is 6.33. The van der Waals surface area contributed by atoms with Gasteiger partial charge in [0.15, 0.2) is 11.5 Å². The van der Waals surface area contributed by atoms with E-state index in [2.05, 4.69) is 5.32 Å². The molecule has 1 unspecified atom stereocenters. The number of halogens is 1. The largest absolute Gasteiger partial charge is 0.508 e. The Morgan fingerprint density at radius 1 is 1.24 bits per heavy atom. The van der Waals surface area contributed by atoms with Crippen LogP contribution in [0.3, 0.4) is 0 Å². The van der Waals surface area contributed by atoms with Crippen LogP contribution in [0.15, 0.2) is 36.4 Å². The Morgan fingerprint density at radius 3 is 2.67 bits per heavy atom. The topological polar surface area (TPSA) is 50.7 Å². The zero-order valence-electron chi connectivity index (χ0n) is 11.6.